The van der Waals surface area contributed by atoms with Gasteiger partial charge in [0.2, 0.25) is 0 Å². The molecule has 1 heterocycles. The smallest absolute Gasteiger partial charge is 0.282 e. The number of benzene rings is 2. The molecule has 2 aromatic rings. The van der Waals surface area contributed by atoms with E-state index in [0.29, 0.717) is 5.69 Å². The summed E-state index contributed by atoms with van der Waals surface area (Å²) >= 11 is 0. The Morgan fingerprint density at radius 1 is 1.16 bits per heavy atom. The minimum absolute atomic E-state index is 0.0717. The van der Waals surface area contributed by atoms with Gasteiger partial charge in [0.25, 0.3) is 5.91 Å². The summed E-state index contributed by atoms with van der Waals surface area (Å²) in [4.78, 5) is 15.8. The third-order valence-electron chi connectivity index (χ3n) is 4.75. The molecule has 2 aromatic carbocycles. The summed E-state index contributed by atoms with van der Waals surface area (Å²) in [7, 11) is 0. The minimum atomic E-state index is -0.322. The molecule has 1 fully saturated rings. The van der Waals surface area contributed by atoms with Gasteiger partial charge in [-0.3, -0.25) is 4.79 Å². The van der Waals surface area contributed by atoms with E-state index < -0.39 is 0 Å². The first-order valence-electron chi connectivity index (χ1n) is 8.48. The van der Waals surface area contributed by atoms with Gasteiger partial charge in [-0.1, -0.05) is 12.1 Å². The number of carbonyl (C=O) groups excluding carboxylic acids is 1. The molecule has 0 radical (unpaired) electrons. The molecule has 0 aliphatic carbocycles. The largest absolute Gasteiger partial charge is 0.506 e. The predicted molar refractivity (Wildman–Crippen MR) is 95.5 cm³/mol. The van der Waals surface area contributed by atoms with Crippen LogP contribution in [0.3, 0.4) is 0 Å². The van der Waals surface area contributed by atoms with Crippen molar-refractivity contribution in [3.05, 3.63) is 54.3 Å². The van der Waals surface area contributed by atoms with Gasteiger partial charge in [-0.15, -0.1) is 0 Å². The number of phenolic OH excluding ortho intramolecular Hbond substituents is 1. The molecule has 1 amide bonds. The molecule has 3 rings (SSSR count). The molecule has 0 aromatic heterocycles. The lowest BCUT2D eigenvalue weighted by Gasteiger charge is -2.36. The molecule has 5 nitrogen and oxygen atoms in total. The Labute approximate surface area is 146 Å². The molecule has 0 spiro atoms. The Kier molecular flexibility index (Phi) is 5.19. The van der Waals surface area contributed by atoms with Crippen LogP contribution in [0.5, 0.6) is 5.75 Å². The Morgan fingerprint density at radius 3 is 2.44 bits per heavy atom. The number of para-hydroxylation sites is 2. The van der Waals surface area contributed by atoms with Crippen LogP contribution in [-0.4, -0.2) is 43.2 Å². The van der Waals surface area contributed by atoms with Crippen LogP contribution in [-0.2, 0) is 4.79 Å². The van der Waals surface area contributed by atoms with Crippen LogP contribution in [0.2, 0.25) is 0 Å². The fourth-order valence-electron chi connectivity index (χ4n) is 3.17. The second-order valence-corrected chi connectivity index (χ2v) is 6.35. The summed E-state index contributed by atoms with van der Waals surface area (Å²) in [6.45, 7) is 5.09. The summed E-state index contributed by atoms with van der Waals surface area (Å²) in [5.41, 5.74) is 1.44. The van der Waals surface area contributed by atoms with Crippen LogP contribution in [0.25, 0.3) is 0 Å². The number of nitrogens with one attached hydrogen (secondary N) is 2. The van der Waals surface area contributed by atoms with E-state index in [1.807, 2.05) is 25.1 Å². The van der Waals surface area contributed by atoms with Crippen molar-refractivity contribution in [2.75, 3.05) is 36.4 Å². The van der Waals surface area contributed by atoms with E-state index in [1.165, 1.54) is 17.0 Å². The van der Waals surface area contributed by atoms with Crippen molar-refractivity contribution in [1.29, 1.82) is 0 Å². The number of piperazine rings is 1. The van der Waals surface area contributed by atoms with Crippen molar-refractivity contribution in [3.63, 3.8) is 0 Å². The molecule has 6 heteroatoms. The van der Waals surface area contributed by atoms with Gasteiger partial charge in [0, 0.05) is 5.69 Å². The third-order valence-corrected chi connectivity index (χ3v) is 4.75. The summed E-state index contributed by atoms with van der Waals surface area (Å²) in [6.07, 6.45) is 0. The van der Waals surface area contributed by atoms with E-state index in [4.69, 9.17) is 0 Å². The van der Waals surface area contributed by atoms with E-state index >= 15 is 0 Å². The molecular formula is C19H23FN3O2+. The lowest BCUT2D eigenvalue weighted by molar-refractivity contribution is -0.914. The lowest BCUT2D eigenvalue weighted by Crippen LogP contribution is -3.19. The summed E-state index contributed by atoms with van der Waals surface area (Å²) in [5.74, 6) is -0.109. The Hall–Kier alpha value is -2.60. The summed E-state index contributed by atoms with van der Waals surface area (Å²) in [6, 6.07) is 12.9. The monoisotopic (exact) mass is 344 g/mol. The molecule has 0 unspecified atom stereocenters. The number of quaternary nitrogens is 1. The maximum absolute atomic E-state index is 12.9. The summed E-state index contributed by atoms with van der Waals surface area (Å²) < 4.78 is 12.9. The molecule has 1 aliphatic rings. The zero-order chi connectivity index (χ0) is 17.8. The molecular weight excluding hydrogens is 321 g/mol. The standard InChI is InChI=1S/C19H22FN3O2/c1-14(19(25)21-16-8-6-15(20)7-9-16)22-10-12-23(13-11-22)17-4-2-3-5-18(17)24/h2-9,14,24H,10-13H2,1H3,(H,21,25)/p+1/t14-/m0/s1. The normalized spacial score (nSPS) is 16.5. The van der Waals surface area contributed by atoms with Crippen molar-refractivity contribution < 1.29 is 19.2 Å². The third kappa shape index (κ3) is 4.09. The van der Waals surface area contributed by atoms with Crippen molar-refractivity contribution in [3.8, 4) is 5.75 Å². The number of aromatic hydroxyl groups is 1. The Bertz CT molecular complexity index is 728. The van der Waals surface area contributed by atoms with Crippen molar-refractivity contribution in [1.82, 2.24) is 0 Å². The van der Waals surface area contributed by atoms with E-state index in [1.54, 1.807) is 18.2 Å². The fraction of sp³-hybridized carbons (Fsp3) is 0.316. The quantitative estimate of drug-likeness (QED) is 0.783. The van der Waals surface area contributed by atoms with Gasteiger partial charge in [0.15, 0.2) is 6.04 Å². The highest BCUT2D eigenvalue weighted by Gasteiger charge is 2.29. The van der Waals surface area contributed by atoms with Crippen LogP contribution in [0.15, 0.2) is 48.5 Å². The van der Waals surface area contributed by atoms with Gasteiger partial charge in [0.1, 0.15) is 11.6 Å². The average Bonchev–Trinajstić information content (AvgIpc) is 2.63. The number of nitrogens with zero attached hydrogens (tertiary/aromatic N) is 1. The fourth-order valence-corrected chi connectivity index (χ4v) is 3.17. The van der Waals surface area contributed by atoms with Crippen LogP contribution in [0.4, 0.5) is 15.8 Å². The Morgan fingerprint density at radius 2 is 1.80 bits per heavy atom. The first-order valence-corrected chi connectivity index (χ1v) is 8.48. The molecule has 1 aliphatic heterocycles. The highest BCUT2D eigenvalue weighted by atomic mass is 19.1. The number of phenols is 1. The lowest BCUT2D eigenvalue weighted by atomic mass is 10.2. The second kappa shape index (κ2) is 7.53. The predicted octanol–water partition coefficient (Wildman–Crippen LogP) is 1.26. The van der Waals surface area contributed by atoms with Gasteiger partial charge < -0.3 is 20.2 Å². The first-order chi connectivity index (χ1) is 12.0. The highest BCUT2D eigenvalue weighted by Crippen LogP contribution is 2.26. The SMILES string of the molecule is C[C@@H](C(=O)Nc1ccc(F)cc1)[NH+]1CCN(c2ccccc2O)CC1. The molecule has 1 atom stereocenters. The topological polar surface area (TPSA) is 57.0 Å². The second-order valence-electron chi connectivity index (χ2n) is 6.35. The van der Waals surface area contributed by atoms with Crippen LogP contribution >= 0.6 is 0 Å². The maximum atomic E-state index is 12.9. The van der Waals surface area contributed by atoms with Gasteiger partial charge in [0.05, 0.1) is 31.9 Å². The average molecular weight is 344 g/mol. The zero-order valence-corrected chi connectivity index (χ0v) is 14.2. The van der Waals surface area contributed by atoms with Crippen LogP contribution < -0.4 is 15.1 Å². The number of anilines is 2. The molecule has 0 bridgehead atoms. The Balaban J connectivity index is 1.56. The highest BCUT2D eigenvalue weighted by molar-refractivity contribution is 5.93. The summed E-state index contributed by atoms with van der Waals surface area (Å²) in [5, 5.41) is 12.8. The number of rotatable bonds is 4. The first kappa shape index (κ1) is 17.2. The molecule has 1 saturated heterocycles. The number of carbonyl (C=O) groups is 1. The molecule has 132 valence electrons. The molecule has 0 saturated carbocycles. The van der Waals surface area contributed by atoms with Crippen molar-refractivity contribution in [2.45, 2.75) is 13.0 Å². The number of halogens is 1. The van der Waals surface area contributed by atoms with Crippen molar-refractivity contribution in [2.24, 2.45) is 0 Å². The molecule has 3 N–H and O–H groups in total. The number of hydrogen-bond donors (Lipinski definition) is 3. The zero-order valence-electron chi connectivity index (χ0n) is 14.2. The van der Waals surface area contributed by atoms with Gasteiger partial charge in [-0.05, 0) is 43.3 Å². The van der Waals surface area contributed by atoms with E-state index in [2.05, 4.69) is 10.2 Å². The minimum Gasteiger partial charge on any atom is -0.506 e. The van der Waals surface area contributed by atoms with Gasteiger partial charge in [-0.2, -0.15) is 0 Å². The van der Waals surface area contributed by atoms with Crippen LogP contribution in [0.1, 0.15) is 6.92 Å². The van der Waals surface area contributed by atoms with E-state index in [9.17, 15) is 14.3 Å². The van der Waals surface area contributed by atoms with Gasteiger partial charge in [-0.25, -0.2) is 4.39 Å². The number of amides is 1. The number of hydrogen-bond acceptors (Lipinski definition) is 3. The van der Waals surface area contributed by atoms with E-state index in [0.717, 1.165) is 31.9 Å². The maximum Gasteiger partial charge on any atom is 0.282 e. The molecule has 25 heavy (non-hydrogen) atoms. The van der Waals surface area contributed by atoms with Crippen LogP contribution in [0, 0.1) is 5.82 Å². The van der Waals surface area contributed by atoms with Crippen molar-refractivity contribution >= 4 is 17.3 Å². The van der Waals surface area contributed by atoms with E-state index in [-0.39, 0.29) is 23.5 Å². The van der Waals surface area contributed by atoms with Gasteiger partial charge >= 0.3 is 0 Å².